The van der Waals surface area contributed by atoms with Crippen LogP contribution in [-0.2, 0) is 4.79 Å². The van der Waals surface area contributed by atoms with Crippen molar-refractivity contribution in [1.82, 2.24) is 0 Å². The molecule has 2 N–H and O–H groups in total. The van der Waals surface area contributed by atoms with Crippen LogP contribution in [0.5, 0.6) is 0 Å². The van der Waals surface area contributed by atoms with Crippen LogP contribution in [0.4, 0.5) is 20.2 Å². The molecule has 0 bridgehead atoms. The van der Waals surface area contributed by atoms with Crippen molar-refractivity contribution >= 4 is 17.3 Å². The molecule has 3 rings (SSSR count). The molecular weight excluding hydrogens is 338 g/mol. The molecule has 1 saturated heterocycles. The number of anilines is 2. The predicted molar refractivity (Wildman–Crippen MR) is 93.9 cm³/mol. The van der Waals surface area contributed by atoms with E-state index in [-0.39, 0.29) is 18.0 Å². The number of nitrogens with one attached hydrogen (secondary N) is 2. The van der Waals surface area contributed by atoms with Gasteiger partial charge in [-0.1, -0.05) is 12.1 Å². The molecule has 0 atom stereocenters. The van der Waals surface area contributed by atoms with E-state index in [1.807, 2.05) is 11.0 Å². The van der Waals surface area contributed by atoms with E-state index in [0.29, 0.717) is 37.6 Å². The summed E-state index contributed by atoms with van der Waals surface area (Å²) in [5.41, 5.74) is 1.09. The Hall–Kier alpha value is -2.98. The molecule has 5 nitrogen and oxygen atoms in total. The van der Waals surface area contributed by atoms with Gasteiger partial charge >= 0.3 is 0 Å². The van der Waals surface area contributed by atoms with E-state index in [0.717, 1.165) is 4.90 Å². The zero-order valence-electron chi connectivity index (χ0n) is 14.1. The van der Waals surface area contributed by atoms with Gasteiger partial charge in [-0.3, -0.25) is 4.79 Å². The lowest BCUT2D eigenvalue weighted by atomic mass is 10.1. The van der Waals surface area contributed by atoms with Crippen LogP contribution in [0.15, 0.2) is 42.5 Å². The third-order valence-corrected chi connectivity index (χ3v) is 4.43. The van der Waals surface area contributed by atoms with Gasteiger partial charge in [-0.05, 0) is 30.3 Å². The first-order valence-electron chi connectivity index (χ1n) is 8.39. The van der Waals surface area contributed by atoms with Gasteiger partial charge in [-0.25, -0.2) is 8.78 Å². The van der Waals surface area contributed by atoms with E-state index >= 15 is 0 Å². The third-order valence-electron chi connectivity index (χ3n) is 4.43. The fourth-order valence-corrected chi connectivity index (χ4v) is 3.13. The van der Waals surface area contributed by atoms with Crippen molar-refractivity contribution in [1.29, 1.82) is 5.26 Å². The standard InChI is InChI=1S/C19H18F2N4O/c20-14-3-1-4-15(11-14)23-19(26)13-24-7-9-25(10-8-24)18-6-2-5-17(21)16(18)12-22/h1-6,11H,7-10,13H2,(H,23,26)/p+1. The molecule has 1 aliphatic rings. The van der Waals surface area contributed by atoms with Gasteiger partial charge in [0, 0.05) is 5.69 Å². The average molecular weight is 357 g/mol. The first-order chi connectivity index (χ1) is 12.6. The zero-order chi connectivity index (χ0) is 18.5. The maximum Gasteiger partial charge on any atom is 0.279 e. The highest BCUT2D eigenvalue weighted by molar-refractivity contribution is 5.91. The Morgan fingerprint density at radius 3 is 2.62 bits per heavy atom. The van der Waals surface area contributed by atoms with E-state index in [1.165, 1.54) is 18.2 Å². The summed E-state index contributed by atoms with van der Waals surface area (Å²) in [6.45, 7) is 2.91. The number of rotatable bonds is 4. The second kappa shape index (κ2) is 7.93. The van der Waals surface area contributed by atoms with Gasteiger partial charge in [0.2, 0.25) is 0 Å². The molecule has 1 heterocycles. The van der Waals surface area contributed by atoms with Crippen LogP contribution in [-0.4, -0.2) is 38.6 Å². The number of benzene rings is 2. The van der Waals surface area contributed by atoms with Crippen LogP contribution < -0.4 is 15.1 Å². The number of piperazine rings is 1. The Morgan fingerprint density at radius 2 is 1.92 bits per heavy atom. The molecule has 0 aliphatic carbocycles. The second-order valence-electron chi connectivity index (χ2n) is 6.22. The monoisotopic (exact) mass is 357 g/mol. The Labute approximate surface area is 150 Å². The highest BCUT2D eigenvalue weighted by Gasteiger charge is 2.24. The molecule has 1 aliphatic heterocycles. The largest absolute Gasteiger partial charge is 0.359 e. The van der Waals surface area contributed by atoms with Crippen molar-refractivity contribution in [2.45, 2.75) is 0 Å². The van der Waals surface area contributed by atoms with Crippen molar-refractivity contribution < 1.29 is 18.5 Å². The number of amides is 1. The molecule has 26 heavy (non-hydrogen) atoms. The van der Waals surface area contributed by atoms with Crippen molar-refractivity contribution in [3.8, 4) is 6.07 Å². The molecule has 1 fully saturated rings. The topological polar surface area (TPSA) is 60.6 Å². The predicted octanol–water partition coefficient (Wildman–Crippen LogP) is 1.18. The fourth-order valence-electron chi connectivity index (χ4n) is 3.13. The van der Waals surface area contributed by atoms with Gasteiger partial charge in [0.15, 0.2) is 6.54 Å². The van der Waals surface area contributed by atoms with Gasteiger partial charge in [-0.2, -0.15) is 5.26 Å². The maximum atomic E-state index is 13.8. The van der Waals surface area contributed by atoms with E-state index < -0.39 is 11.6 Å². The maximum absolute atomic E-state index is 13.8. The summed E-state index contributed by atoms with van der Waals surface area (Å²) in [4.78, 5) is 15.2. The third kappa shape index (κ3) is 4.16. The minimum Gasteiger partial charge on any atom is -0.359 e. The van der Waals surface area contributed by atoms with Crippen LogP contribution in [0.2, 0.25) is 0 Å². The van der Waals surface area contributed by atoms with Crippen molar-refractivity contribution in [3.63, 3.8) is 0 Å². The summed E-state index contributed by atoms with van der Waals surface area (Å²) in [6.07, 6.45) is 0. The van der Waals surface area contributed by atoms with Crippen LogP contribution in [0, 0.1) is 23.0 Å². The Morgan fingerprint density at radius 1 is 1.19 bits per heavy atom. The lowest BCUT2D eigenvalue weighted by Gasteiger charge is -2.33. The van der Waals surface area contributed by atoms with Crippen LogP contribution in [0.1, 0.15) is 5.56 Å². The first kappa shape index (κ1) is 17.8. The molecule has 1 amide bonds. The van der Waals surface area contributed by atoms with E-state index in [4.69, 9.17) is 5.26 Å². The smallest absolute Gasteiger partial charge is 0.279 e. The summed E-state index contributed by atoms with van der Waals surface area (Å²) in [6, 6.07) is 12.3. The van der Waals surface area contributed by atoms with Gasteiger partial charge in [-0.15, -0.1) is 0 Å². The minimum atomic E-state index is -0.519. The molecule has 0 radical (unpaired) electrons. The summed E-state index contributed by atoms with van der Waals surface area (Å²) < 4.78 is 26.9. The quantitative estimate of drug-likeness (QED) is 0.864. The number of nitriles is 1. The molecule has 7 heteroatoms. The number of hydrogen-bond donors (Lipinski definition) is 2. The average Bonchev–Trinajstić information content (AvgIpc) is 2.62. The normalized spacial score (nSPS) is 14.7. The fraction of sp³-hybridized carbons (Fsp3) is 0.263. The molecular formula is C19H19F2N4O+. The molecule has 0 spiro atoms. The van der Waals surface area contributed by atoms with Crippen molar-refractivity contribution in [2.75, 3.05) is 42.9 Å². The van der Waals surface area contributed by atoms with Gasteiger partial charge in [0.1, 0.15) is 23.3 Å². The zero-order valence-corrected chi connectivity index (χ0v) is 14.1. The molecule has 0 saturated carbocycles. The lowest BCUT2D eigenvalue weighted by Crippen LogP contribution is -3.15. The summed E-state index contributed by atoms with van der Waals surface area (Å²) >= 11 is 0. The van der Waals surface area contributed by atoms with Gasteiger partial charge in [0.05, 0.1) is 31.9 Å². The lowest BCUT2D eigenvalue weighted by molar-refractivity contribution is -0.892. The number of hydrogen-bond acceptors (Lipinski definition) is 3. The van der Waals surface area contributed by atoms with E-state index in [1.54, 1.807) is 24.3 Å². The first-order valence-corrected chi connectivity index (χ1v) is 8.39. The molecule has 0 aromatic heterocycles. The molecule has 0 unspecified atom stereocenters. The number of carbonyl (C=O) groups is 1. The van der Waals surface area contributed by atoms with Crippen molar-refractivity contribution in [3.05, 3.63) is 59.7 Å². The number of quaternary nitrogens is 1. The number of halogens is 2. The number of carbonyl (C=O) groups excluding carboxylic acids is 1. The molecule has 2 aromatic rings. The summed E-state index contributed by atoms with van der Waals surface area (Å²) in [5.74, 6) is -1.09. The van der Waals surface area contributed by atoms with E-state index in [2.05, 4.69) is 5.32 Å². The van der Waals surface area contributed by atoms with Crippen LogP contribution in [0.3, 0.4) is 0 Å². The molecule has 134 valence electrons. The van der Waals surface area contributed by atoms with Crippen LogP contribution in [0.25, 0.3) is 0 Å². The Kier molecular flexibility index (Phi) is 5.44. The minimum absolute atomic E-state index is 0.0554. The summed E-state index contributed by atoms with van der Waals surface area (Å²) in [7, 11) is 0. The molecule has 2 aromatic carbocycles. The van der Waals surface area contributed by atoms with Gasteiger partial charge in [0.25, 0.3) is 5.91 Å². The van der Waals surface area contributed by atoms with Crippen LogP contribution >= 0.6 is 0 Å². The van der Waals surface area contributed by atoms with Crippen molar-refractivity contribution in [2.24, 2.45) is 0 Å². The highest BCUT2D eigenvalue weighted by Crippen LogP contribution is 2.22. The van der Waals surface area contributed by atoms with Gasteiger partial charge < -0.3 is 15.1 Å². The second-order valence-corrected chi connectivity index (χ2v) is 6.22. The summed E-state index contributed by atoms with van der Waals surface area (Å²) in [5, 5.41) is 11.9. The highest BCUT2D eigenvalue weighted by atomic mass is 19.1. The Bertz CT molecular complexity index is 842. The van der Waals surface area contributed by atoms with E-state index in [9.17, 15) is 13.6 Å². The SMILES string of the molecule is N#Cc1c(F)cccc1N1CC[NH+](CC(=O)Nc2cccc(F)c2)CC1. The Balaban J connectivity index is 1.55. The number of nitrogens with zero attached hydrogens (tertiary/aromatic N) is 2.